The number of carboxylic acids is 1. The van der Waals surface area contributed by atoms with Gasteiger partial charge in [0.25, 0.3) is 0 Å². The molecule has 2 heterocycles. The van der Waals surface area contributed by atoms with Crippen molar-refractivity contribution in [2.45, 2.75) is 20.3 Å². The number of carbonyl (C=O) groups excluding carboxylic acids is 1. The molecule has 1 aliphatic heterocycles. The molecule has 0 aromatic carbocycles. The van der Waals surface area contributed by atoms with Crippen LogP contribution in [0.4, 0.5) is 5.82 Å². The quantitative estimate of drug-likeness (QED) is 0.873. The number of anilines is 1. The molecule has 2 atom stereocenters. The molecule has 0 bridgehead atoms. The monoisotopic (exact) mass is 304 g/mol. The molecule has 0 spiro atoms. The molecular weight excluding hydrogens is 284 g/mol. The van der Waals surface area contributed by atoms with Crippen molar-refractivity contribution in [3.05, 3.63) is 17.6 Å². The van der Waals surface area contributed by atoms with Gasteiger partial charge in [0.15, 0.2) is 0 Å². The Labute approximate surface area is 129 Å². The Kier molecular flexibility index (Phi) is 3.72. The first-order valence-corrected chi connectivity index (χ1v) is 7.54. The number of aryl methyl sites for hydroxylation is 2. The Morgan fingerprint density at radius 2 is 1.82 bits per heavy atom. The number of amides is 1. The molecule has 1 amide bonds. The number of rotatable bonds is 3. The van der Waals surface area contributed by atoms with Gasteiger partial charge in [0.05, 0.1) is 11.8 Å². The first-order valence-electron chi connectivity index (χ1n) is 7.54. The molecular formula is C15H20N4O3. The van der Waals surface area contributed by atoms with Gasteiger partial charge >= 0.3 is 5.97 Å². The van der Waals surface area contributed by atoms with Gasteiger partial charge < -0.3 is 14.9 Å². The highest BCUT2D eigenvalue weighted by atomic mass is 16.4. The Hall–Kier alpha value is -2.18. The standard InChI is InChI=1S/C15H20N4O3/c1-9-7-13(17-10(2)16-9)18-3-5-19(6-4-18)14(20)11-8-12(11)15(21)22/h7,11-12H,3-6,8H2,1-2H3,(H,21,22). The first kappa shape index (κ1) is 14.7. The van der Waals surface area contributed by atoms with Gasteiger partial charge in [-0.05, 0) is 20.3 Å². The third-order valence-corrected chi connectivity index (χ3v) is 4.29. The second kappa shape index (κ2) is 5.55. The lowest BCUT2D eigenvalue weighted by molar-refractivity contribution is -0.142. The molecule has 2 fully saturated rings. The predicted octanol–water partition coefficient (Wildman–Crippen LogP) is 0.463. The lowest BCUT2D eigenvalue weighted by Crippen LogP contribution is -2.49. The molecule has 1 N–H and O–H groups in total. The maximum Gasteiger partial charge on any atom is 0.307 e. The molecule has 1 aromatic rings. The van der Waals surface area contributed by atoms with Gasteiger partial charge in [-0.3, -0.25) is 9.59 Å². The van der Waals surface area contributed by atoms with E-state index in [1.165, 1.54) is 0 Å². The third kappa shape index (κ3) is 2.88. The summed E-state index contributed by atoms with van der Waals surface area (Å²) in [5, 5.41) is 8.92. The summed E-state index contributed by atoms with van der Waals surface area (Å²) in [5.41, 5.74) is 0.934. The van der Waals surface area contributed by atoms with Gasteiger partial charge in [0, 0.05) is 37.9 Å². The number of carboxylic acid groups (broad SMARTS) is 1. The average molecular weight is 304 g/mol. The Bertz CT molecular complexity index is 591. The summed E-state index contributed by atoms with van der Waals surface area (Å²) in [6.45, 7) is 6.47. The van der Waals surface area contributed by atoms with Crippen molar-refractivity contribution in [1.29, 1.82) is 0 Å². The Balaban J connectivity index is 1.58. The maximum atomic E-state index is 12.2. The van der Waals surface area contributed by atoms with Crippen LogP contribution in [-0.4, -0.2) is 58.0 Å². The number of nitrogens with zero attached hydrogens (tertiary/aromatic N) is 4. The fraction of sp³-hybridized carbons (Fsp3) is 0.600. The summed E-state index contributed by atoms with van der Waals surface area (Å²) in [6.07, 6.45) is 0.485. The van der Waals surface area contributed by atoms with Crippen LogP contribution in [0.5, 0.6) is 0 Å². The minimum Gasteiger partial charge on any atom is -0.481 e. The van der Waals surface area contributed by atoms with Crippen molar-refractivity contribution >= 4 is 17.7 Å². The molecule has 1 saturated carbocycles. The molecule has 22 heavy (non-hydrogen) atoms. The zero-order chi connectivity index (χ0) is 15.9. The number of hydrogen-bond donors (Lipinski definition) is 1. The highest BCUT2D eigenvalue weighted by molar-refractivity contribution is 5.89. The van der Waals surface area contributed by atoms with Crippen LogP contribution in [0.3, 0.4) is 0 Å². The van der Waals surface area contributed by atoms with Gasteiger partial charge in [-0.2, -0.15) is 0 Å². The Morgan fingerprint density at radius 3 is 2.36 bits per heavy atom. The van der Waals surface area contributed by atoms with Crippen molar-refractivity contribution < 1.29 is 14.7 Å². The van der Waals surface area contributed by atoms with Gasteiger partial charge in [0.2, 0.25) is 5.91 Å². The normalized spacial score (nSPS) is 24.3. The van der Waals surface area contributed by atoms with E-state index in [0.717, 1.165) is 17.3 Å². The lowest BCUT2D eigenvalue weighted by Gasteiger charge is -2.35. The molecule has 1 aliphatic carbocycles. The number of aromatic nitrogens is 2. The predicted molar refractivity (Wildman–Crippen MR) is 79.5 cm³/mol. The zero-order valence-electron chi connectivity index (χ0n) is 12.8. The van der Waals surface area contributed by atoms with Crippen molar-refractivity contribution in [3.63, 3.8) is 0 Å². The van der Waals surface area contributed by atoms with E-state index in [2.05, 4.69) is 14.9 Å². The van der Waals surface area contributed by atoms with Crippen molar-refractivity contribution in [1.82, 2.24) is 14.9 Å². The second-order valence-corrected chi connectivity index (χ2v) is 6.01. The summed E-state index contributed by atoms with van der Waals surface area (Å²) < 4.78 is 0. The number of hydrogen-bond acceptors (Lipinski definition) is 5. The van der Waals surface area contributed by atoms with Gasteiger partial charge in [-0.1, -0.05) is 0 Å². The molecule has 3 rings (SSSR count). The fourth-order valence-electron chi connectivity index (χ4n) is 2.99. The minimum atomic E-state index is -0.857. The van der Waals surface area contributed by atoms with Gasteiger partial charge in [-0.25, -0.2) is 9.97 Å². The summed E-state index contributed by atoms with van der Waals surface area (Å²) >= 11 is 0. The van der Waals surface area contributed by atoms with E-state index in [-0.39, 0.29) is 11.8 Å². The van der Waals surface area contributed by atoms with Crippen molar-refractivity contribution in [2.75, 3.05) is 31.1 Å². The molecule has 7 nitrogen and oxygen atoms in total. The van der Waals surface area contributed by atoms with Crippen LogP contribution < -0.4 is 4.90 Å². The van der Waals surface area contributed by atoms with Gasteiger partial charge in [-0.15, -0.1) is 0 Å². The topological polar surface area (TPSA) is 86.6 Å². The molecule has 2 aliphatic rings. The summed E-state index contributed by atoms with van der Waals surface area (Å²) in [6, 6.07) is 1.95. The summed E-state index contributed by atoms with van der Waals surface area (Å²) in [7, 11) is 0. The first-order chi connectivity index (χ1) is 10.5. The van der Waals surface area contributed by atoms with E-state index in [0.29, 0.717) is 32.6 Å². The van der Waals surface area contributed by atoms with E-state index in [4.69, 9.17) is 5.11 Å². The van der Waals surface area contributed by atoms with Crippen molar-refractivity contribution in [2.24, 2.45) is 11.8 Å². The lowest BCUT2D eigenvalue weighted by atomic mass is 10.2. The molecule has 0 radical (unpaired) electrons. The van der Waals surface area contributed by atoms with Crippen LogP contribution in [-0.2, 0) is 9.59 Å². The highest BCUT2D eigenvalue weighted by Crippen LogP contribution is 2.40. The van der Waals surface area contributed by atoms with E-state index in [1.54, 1.807) is 4.90 Å². The Morgan fingerprint density at radius 1 is 1.14 bits per heavy atom. The van der Waals surface area contributed by atoms with Crippen LogP contribution in [0, 0.1) is 25.7 Å². The van der Waals surface area contributed by atoms with E-state index in [1.807, 2.05) is 19.9 Å². The number of carbonyl (C=O) groups is 2. The van der Waals surface area contributed by atoms with Crippen LogP contribution >= 0.6 is 0 Å². The van der Waals surface area contributed by atoms with E-state index >= 15 is 0 Å². The maximum absolute atomic E-state index is 12.2. The molecule has 1 saturated heterocycles. The molecule has 2 unspecified atom stereocenters. The van der Waals surface area contributed by atoms with Crippen LogP contribution in [0.15, 0.2) is 6.07 Å². The van der Waals surface area contributed by atoms with Crippen molar-refractivity contribution in [3.8, 4) is 0 Å². The molecule has 1 aromatic heterocycles. The average Bonchev–Trinajstić information content (AvgIpc) is 3.26. The summed E-state index contributed by atoms with van der Waals surface area (Å²) in [5.74, 6) is -0.0148. The number of aliphatic carboxylic acids is 1. The highest BCUT2D eigenvalue weighted by Gasteiger charge is 2.50. The van der Waals surface area contributed by atoms with E-state index in [9.17, 15) is 9.59 Å². The SMILES string of the molecule is Cc1cc(N2CCN(C(=O)C3CC3C(=O)O)CC2)nc(C)n1. The third-order valence-electron chi connectivity index (χ3n) is 4.29. The minimum absolute atomic E-state index is 0.0119. The largest absolute Gasteiger partial charge is 0.481 e. The van der Waals surface area contributed by atoms with Crippen LogP contribution in [0.25, 0.3) is 0 Å². The van der Waals surface area contributed by atoms with E-state index < -0.39 is 11.9 Å². The summed E-state index contributed by atoms with van der Waals surface area (Å²) in [4.78, 5) is 35.8. The van der Waals surface area contributed by atoms with Gasteiger partial charge in [0.1, 0.15) is 11.6 Å². The zero-order valence-corrected chi connectivity index (χ0v) is 12.8. The molecule has 118 valence electrons. The van der Waals surface area contributed by atoms with Crippen LogP contribution in [0.2, 0.25) is 0 Å². The van der Waals surface area contributed by atoms with Crippen LogP contribution in [0.1, 0.15) is 17.9 Å². The second-order valence-electron chi connectivity index (χ2n) is 6.01. The molecule has 7 heteroatoms. The number of piperazine rings is 1. The fourth-order valence-corrected chi connectivity index (χ4v) is 2.99. The smallest absolute Gasteiger partial charge is 0.307 e.